The van der Waals surface area contributed by atoms with Crippen LogP contribution in [-0.2, 0) is 0 Å². The summed E-state index contributed by atoms with van der Waals surface area (Å²) in [5.74, 6) is -0.166. The van der Waals surface area contributed by atoms with E-state index in [4.69, 9.17) is 11.6 Å². The molecule has 1 N–H and O–H groups in total. The molecule has 0 aliphatic rings. The van der Waals surface area contributed by atoms with Crippen molar-refractivity contribution in [2.45, 2.75) is 13.0 Å². The van der Waals surface area contributed by atoms with Gasteiger partial charge < -0.3 is 5.32 Å². The highest BCUT2D eigenvalue weighted by molar-refractivity contribution is 6.33. The Kier molecular flexibility index (Phi) is 4.97. The van der Waals surface area contributed by atoms with Crippen LogP contribution in [0.3, 0.4) is 0 Å². The zero-order chi connectivity index (χ0) is 16.9. The SMILES string of the molecule is CC(NC(=O)c1ccccc1Cl)c1ccc(-c2ccccc2)cc1. The average Bonchev–Trinajstić information content (AvgIpc) is 2.63. The predicted molar refractivity (Wildman–Crippen MR) is 99.2 cm³/mol. The second-order valence-corrected chi connectivity index (χ2v) is 6.07. The highest BCUT2D eigenvalue weighted by Gasteiger charge is 2.13. The van der Waals surface area contributed by atoms with Gasteiger partial charge in [0.25, 0.3) is 5.91 Å². The van der Waals surface area contributed by atoms with E-state index in [2.05, 4.69) is 29.6 Å². The van der Waals surface area contributed by atoms with Crippen LogP contribution in [0.15, 0.2) is 78.9 Å². The molecule has 24 heavy (non-hydrogen) atoms. The Morgan fingerprint density at radius 2 is 1.42 bits per heavy atom. The molecule has 0 fully saturated rings. The van der Waals surface area contributed by atoms with Gasteiger partial charge in [-0.15, -0.1) is 0 Å². The number of rotatable bonds is 4. The fourth-order valence-electron chi connectivity index (χ4n) is 2.60. The van der Waals surface area contributed by atoms with Crippen molar-refractivity contribution in [2.24, 2.45) is 0 Å². The zero-order valence-electron chi connectivity index (χ0n) is 13.4. The maximum Gasteiger partial charge on any atom is 0.253 e. The molecule has 0 bridgehead atoms. The molecule has 1 amide bonds. The first-order valence-electron chi connectivity index (χ1n) is 7.86. The van der Waals surface area contributed by atoms with E-state index in [-0.39, 0.29) is 11.9 Å². The fraction of sp³-hybridized carbons (Fsp3) is 0.0952. The second kappa shape index (κ2) is 7.33. The number of amides is 1. The quantitative estimate of drug-likeness (QED) is 0.670. The van der Waals surface area contributed by atoms with Gasteiger partial charge in [-0.25, -0.2) is 0 Å². The van der Waals surface area contributed by atoms with Gasteiger partial charge in [0, 0.05) is 0 Å². The largest absolute Gasteiger partial charge is 0.345 e. The van der Waals surface area contributed by atoms with Crippen molar-refractivity contribution in [1.82, 2.24) is 5.32 Å². The molecular formula is C21H18ClNO. The van der Waals surface area contributed by atoms with Crippen LogP contribution in [0.2, 0.25) is 5.02 Å². The van der Waals surface area contributed by atoms with Crippen molar-refractivity contribution in [2.75, 3.05) is 0 Å². The first-order valence-corrected chi connectivity index (χ1v) is 8.24. The third-order valence-electron chi connectivity index (χ3n) is 3.98. The molecule has 1 unspecified atom stereocenters. The average molecular weight is 336 g/mol. The first-order chi connectivity index (χ1) is 11.6. The summed E-state index contributed by atoms with van der Waals surface area (Å²) in [6.07, 6.45) is 0. The van der Waals surface area contributed by atoms with E-state index in [1.807, 2.05) is 43.3 Å². The molecule has 120 valence electrons. The minimum atomic E-state index is -0.166. The molecule has 3 aromatic rings. The van der Waals surface area contributed by atoms with Gasteiger partial charge in [-0.1, -0.05) is 78.3 Å². The molecule has 3 heteroatoms. The molecule has 0 heterocycles. The summed E-state index contributed by atoms with van der Waals surface area (Å²) in [6, 6.07) is 25.4. The fourth-order valence-corrected chi connectivity index (χ4v) is 2.82. The van der Waals surface area contributed by atoms with Crippen LogP contribution in [0.5, 0.6) is 0 Å². The Balaban J connectivity index is 1.73. The van der Waals surface area contributed by atoms with E-state index >= 15 is 0 Å². The Morgan fingerprint density at radius 1 is 0.833 bits per heavy atom. The lowest BCUT2D eigenvalue weighted by Crippen LogP contribution is -2.26. The molecule has 0 spiro atoms. The van der Waals surface area contributed by atoms with Gasteiger partial charge in [-0.3, -0.25) is 4.79 Å². The molecule has 0 aliphatic carbocycles. The number of carbonyl (C=O) groups excluding carboxylic acids is 1. The summed E-state index contributed by atoms with van der Waals surface area (Å²) < 4.78 is 0. The van der Waals surface area contributed by atoms with E-state index in [0.29, 0.717) is 10.6 Å². The normalized spacial score (nSPS) is 11.8. The van der Waals surface area contributed by atoms with E-state index in [0.717, 1.165) is 11.1 Å². The smallest absolute Gasteiger partial charge is 0.253 e. The Hall–Kier alpha value is -2.58. The van der Waals surface area contributed by atoms with Crippen LogP contribution in [0.1, 0.15) is 28.9 Å². The number of halogens is 1. The van der Waals surface area contributed by atoms with Crippen molar-refractivity contribution in [1.29, 1.82) is 0 Å². The summed E-state index contributed by atoms with van der Waals surface area (Å²) in [7, 11) is 0. The Bertz CT molecular complexity index is 828. The van der Waals surface area contributed by atoms with E-state index in [9.17, 15) is 4.79 Å². The molecule has 0 aromatic heterocycles. The molecule has 0 aliphatic heterocycles. The maximum atomic E-state index is 12.3. The van der Waals surface area contributed by atoms with E-state index in [1.165, 1.54) is 5.56 Å². The summed E-state index contributed by atoms with van der Waals surface area (Å²) >= 11 is 6.08. The number of nitrogens with one attached hydrogen (secondary N) is 1. The zero-order valence-corrected chi connectivity index (χ0v) is 14.1. The van der Waals surface area contributed by atoms with Crippen molar-refractivity contribution in [3.8, 4) is 11.1 Å². The highest BCUT2D eigenvalue weighted by atomic mass is 35.5. The van der Waals surface area contributed by atoms with Crippen molar-refractivity contribution < 1.29 is 4.79 Å². The Labute approximate surface area is 147 Å². The minimum Gasteiger partial charge on any atom is -0.345 e. The van der Waals surface area contributed by atoms with Gasteiger partial charge in [-0.05, 0) is 35.7 Å². The molecule has 3 aromatic carbocycles. The molecule has 1 atom stereocenters. The van der Waals surface area contributed by atoms with Crippen LogP contribution >= 0.6 is 11.6 Å². The summed E-state index contributed by atoms with van der Waals surface area (Å²) in [4.78, 5) is 12.3. The van der Waals surface area contributed by atoms with Crippen LogP contribution < -0.4 is 5.32 Å². The third-order valence-corrected chi connectivity index (χ3v) is 4.31. The molecule has 0 radical (unpaired) electrons. The lowest BCUT2D eigenvalue weighted by molar-refractivity contribution is 0.0940. The number of benzene rings is 3. The lowest BCUT2D eigenvalue weighted by Gasteiger charge is -2.15. The molecule has 0 saturated heterocycles. The van der Waals surface area contributed by atoms with Gasteiger partial charge in [0.2, 0.25) is 0 Å². The number of hydrogen-bond donors (Lipinski definition) is 1. The van der Waals surface area contributed by atoms with Crippen LogP contribution in [0.25, 0.3) is 11.1 Å². The van der Waals surface area contributed by atoms with Crippen LogP contribution in [-0.4, -0.2) is 5.91 Å². The van der Waals surface area contributed by atoms with Crippen LogP contribution in [0, 0.1) is 0 Å². The Morgan fingerprint density at radius 3 is 2.08 bits per heavy atom. The summed E-state index contributed by atoms with van der Waals surface area (Å²) in [6.45, 7) is 1.96. The lowest BCUT2D eigenvalue weighted by atomic mass is 10.0. The molecule has 3 rings (SSSR count). The maximum absolute atomic E-state index is 12.3. The predicted octanol–water partition coefficient (Wildman–Crippen LogP) is 5.50. The molecular weight excluding hydrogens is 318 g/mol. The first kappa shape index (κ1) is 16.3. The summed E-state index contributed by atoms with van der Waals surface area (Å²) in [5, 5.41) is 3.45. The van der Waals surface area contributed by atoms with Crippen molar-refractivity contribution in [3.05, 3.63) is 95.0 Å². The van der Waals surface area contributed by atoms with Gasteiger partial charge in [0.05, 0.1) is 16.6 Å². The molecule has 2 nitrogen and oxygen atoms in total. The summed E-state index contributed by atoms with van der Waals surface area (Å²) in [5.41, 5.74) is 3.88. The van der Waals surface area contributed by atoms with Crippen LogP contribution in [0.4, 0.5) is 0 Å². The standard InChI is InChI=1S/C21H18ClNO/c1-15(23-21(24)19-9-5-6-10-20(19)22)16-11-13-18(14-12-16)17-7-3-2-4-8-17/h2-15H,1H3,(H,23,24). The third kappa shape index (κ3) is 3.66. The number of carbonyl (C=O) groups is 1. The topological polar surface area (TPSA) is 29.1 Å². The highest BCUT2D eigenvalue weighted by Crippen LogP contribution is 2.22. The van der Waals surface area contributed by atoms with Crippen molar-refractivity contribution in [3.63, 3.8) is 0 Å². The minimum absolute atomic E-state index is 0.0985. The van der Waals surface area contributed by atoms with Crippen molar-refractivity contribution >= 4 is 17.5 Å². The van der Waals surface area contributed by atoms with Gasteiger partial charge >= 0.3 is 0 Å². The monoisotopic (exact) mass is 335 g/mol. The molecule has 0 saturated carbocycles. The van der Waals surface area contributed by atoms with E-state index in [1.54, 1.807) is 18.2 Å². The van der Waals surface area contributed by atoms with Gasteiger partial charge in [0.15, 0.2) is 0 Å². The number of hydrogen-bond acceptors (Lipinski definition) is 1. The van der Waals surface area contributed by atoms with Gasteiger partial charge in [-0.2, -0.15) is 0 Å². The van der Waals surface area contributed by atoms with E-state index < -0.39 is 0 Å². The second-order valence-electron chi connectivity index (χ2n) is 5.66. The van der Waals surface area contributed by atoms with Gasteiger partial charge in [0.1, 0.15) is 0 Å².